The van der Waals surface area contributed by atoms with E-state index >= 15 is 0 Å². The summed E-state index contributed by atoms with van der Waals surface area (Å²) < 4.78 is 24.5. The highest BCUT2D eigenvalue weighted by molar-refractivity contribution is 5.90. The van der Waals surface area contributed by atoms with Gasteiger partial charge in [-0.15, -0.1) is 10.2 Å². The third-order valence-corrected chi connectivity index (χ3v) is 4.72. The Morgan fingerprint density at radius 2 is 1.75 bits per heavy atom. The van der Waals surface area contributed by atoms with E-state index in [1.807, 2.05) is 24.3 Å². The fourth-order valence-corrected chi connectivity index (χ4v) is 3.15. The van der Waals surface area contributed by atoms with Gasteiger partial charge in [-0.2, -0.15) is 0 Å². The zero-order valence-corrected chi connectivity index (χ0v) is 15.3. The Morgan fingerprint density at radius 3 is 2.43 bits per heavy atom. The Balaban J connectivity index is 1.41. The molecular formula is C20H19FN4O3. The molecule has 2 heterocycles. The van der Waals surface area contributed by atoms with Gasteiger partial charge in [-0.05, 0) is 36.4 Å². The van der Waals surface area contributed by atoms with Gasteiger partial charge in [0.15, 0.2) is 0 Å². The molecule has 0 N–H and O–H groups in total. The summed E-state index contributed by atoms with van der Waals surface area (Å²) in [4.78, 5) is 16.5. The molecule has 1 aromatic heterocycles. The van der Waals surface area contributed by atoms with E-state index in [0.29, 0.717) is 26.2 Å². The van der Waals surface area contributed by atoms with Crippen LogP contribution in [-0.4, -0.2) is 54.3 Å². The lowest BCUT2D eigenvalue weighted by molar-refractivity contribution is 0.0707. The molecule has 7 nitrogen and oxygen atoms in total. The number of anilines is 1. The van der Waals surface area contributed by atoms with Gasteiger partial charge >= 0.3 is 11.8 Å². The van der Waals surface area contributed by atoms with Crippen molar-refractivity contribution in [3.8, 4) is 17.2 Å². The predicted molar refractivity (Wildman–Crippen MR) is 101 cm³/mol. The van der Waals surface area contributed by atoms with Gasteiger partial charge in [0, 0.05) is 31.9 Å². The van der Waals surface area contributed by atoms with Crippen LogP contribution in [0, 0.1) is 5.82 Å². The average Bonchev–Trinajstić information content (AvgIpc) is 3.24. The summed E-state index contributed by atoms with van der Waals surface area (Å²) in [5.74, 6) is -0.142. The van der Waals surface area contributed by atoms with Crippen molar-refractivity contribution in [3.05, 3.63) is 60.2 Å². The smallest absolute Gasteiger partial charge is 0.311 e. The molecule has 1 aliphatic rings. The van der Waals surface area contributed by atoms with Crippen LogP contribution in [0.3, 0.4) is 0 Å². The summed E-state index contributed by atoms with van der Waals surface area (Å²) in [7, 11) is 1.63. The summed E-state index contributed by atoms with van der Waals surface area (Å²) in [6, 6.07) is 13.9. The third kappa shape index (κ3) is 3.53. The molecule has 2 aromatic carbocycles. The lowest BCUT2D eigenvalue weighted by Gasteiger charge is -2.35. The van der Waals surface area contributed by atoms with Crippen LogP contribution in [0.1, 0.15) is 10.7 Å². The molecule has 0 atom stereocenters. The van der Waals surface area contributed by atoms with Crippen LogP contribution >= 0.6 is 0 Å². The fourth-order valence-electron chi connectivity index (χ4n) is 3.15. The number of methoxy groups -OCH3 is 1. The number of rotatable bonds is 4. The quantitative estimate of drug-likeness (QED) is 0.691. The monoisotopic (exact) mass is 382 g/mol. The van der Waals surface area contributed by atoms with Crippen molar-refractivity contribution in [2.75, 3.05) is 38.2 Å². The van der Waals surface area contributed by atoms with Crippen LogP contribution in [0.25, 0.3) is 11.5 Å². The number of ether oxygens (including phenoxy) is 1. The summed E-state index contributed by atoms with van der Waals surface area (Å²) >= 11 is 0. The van der Waals surface area contributed by atoms with Crippen LogP contribution in [0.2, 0.25) is 0 Å². The Morgan fingerprint density at radius 1 is 1.04 bits per heavy atom. The first-order valence-electron chi connectivity index (χ1n) is 8.92. The van der Waals surface area contributed by atoms with E-state index in [0.717, 1.165) is 11.4 Å². The van der Waals surface area contributed by atoms with Gasteiger partial charge in [0.1, 0.15) is 11.6 Å². The molecule has 1 amide bonds. The van der Waals surface area contributed by atoms with Gasteiger partial charge < -0.3 is 19.0 Å². The van der Waals surface area contributed by atoms with E-state index in [-0.39, 0.29) is 23.3 Å². The molecule has 0 saturated carbocycles. The summed E-state index contributed by atoms with van der Waals surface area (Å²) in [5, 5.41) is 7.62. The minimum Gasteiger partial charge on any atom is -0.497 e. The van der Waals surface area contributed by atoms with Crippen LogP contribution < -0.4 is 9.64 Å². The Hall–Kier alpha value is -3.42. The molecule has 0 spiro atoms. The van der Waals surface area contributed by atoms with Gasteiger partial charge in [0.2, 0.25) is 0 Å². The molecule has 0 aliphatic carbocycles. The van der Waals surface area contributed by atoms with E-state index in [1.54, 1.807) is 24.1 Å². The SMILES string of the molecule is COc1ccc(N2CCN(C(=O)c3nnc(-c4ccccc4F)o3)CC2)cc1. The number of carbonyl (C=O) groups is 1. The Kier molecular flexibility index (Phi) is 4.92. The fraction of sp³-hybridized carbons (Fsp3) is 0.250. The first-order valence-corrected chi connectivity index (χ1v) is 8.92. The van der Waals surface area contributed by atoms with Gasteiger partial charge in [0.25, 0.3) is 5.89 Å². The number of hydrogen-bond donors (Lipinski definition) is 0. The van der Waals surface area contributed by atoms with Crippen molar-refractivity contribution in [3.63, 3.8) is 0 Å². The third-order valence-electron chi connectivity index (χ3n) is 4.72. The van der Waals surface area contributed by atoms with Crippen molar-refractivity contribution < 1.29 is 18.3 Å². The summed E-state index contributed by atoms with van der Waals surface area (Å²) in [5.41, 5.74) is 1.26. The minimum absolute atomic E-state index is 0.00156. The Labute approximate surface area is 161 Å². The maximum Gasteiger partial charge on any atom is 0.311 e. The van der Waals surface area contributed by atoms with Crippen molar-refractivity contribution >= 4 is 11.6 Å². The van der Waals surface area contributed by atoms with Gasteiger partial charge in [-0.25, -0.2) is 4.39 Å². The zero-order valence-electron chi connectivity index (χ0n) is 15.3. The number of amides is 1. The molecule has 0 bridgehead atoms. The van der Waals surface area contributed by atoms with E-state index in [1.165, 1.54) is 12.1 Å². The number of piperazine rings is 1. The van der Waals surface area contributed by atoms with E-state index in [2.05, 4.69) is 15.1 Å². The molecule has 1 aliphatic heterocycles. The number of carbonyl (C=O) groups excluding carboxylic acids is 1. The second-order valence-corrected chi connectivity index (χ2v) is 6.37. The molecule has 4 rings (SSSR count). The second kappa shape index (κ2) is 7.67. The molecule has 1 saturated heterocycles. The molecule has 0 radical (unpaired) electrons. The first-order chi connectivity index (χ1) is 13.7. The van der Waals surface area contributed by atoms with E-state index in [9.17, 15) is 9.18 Å². The number of halogens is 1. The lowest BCUT2D eigenvalue weighted by atomic mass is 10.2. The highest BCUT2D eigenvalue weighted by atomic mass is 19.1. The van der Waals surface area contributed by atoms with Crippen molar-refractivity contribution in [1.29, 1.82) is 0 Å². The Bertz CT molecular complexity index is 966. The molecule has 28 heavy (non-hydrogen) atoms. The molecule has 0 unspecified atom stereocenters. The first kappa shape index (κ1) is 18.0. The van der Waals surface area contributed by atoms with Crippen LogP contribution in [-0.2, 0) is 0 Å². The van der Waals surface area contributed by atoms with E-state index < -0.39 is 5.82 Å². The summed E-state index contributed by atoms with van der Waals surface area (Å²) in [6.07, 6.45) is 0. The van der Waals surface area contributed by atoms with E-state index in [4.69, 9.17) is 9.15 Å². The largest absolute Gasteiger partial charge is 0.497 e. The van der Waals surface area contributed by atoms with Crippen LogP contribution in [0.5, 0.6) is 5.75 Å². The van der Waals surface area contributed by atoms with Crippen LogP contribution in [0.15, 0.2) is 52.9 Å². The average molecular weight is 382 g/mol. The van der Waals surface area contributed by atoms with Gasteiger partial charge in [-0.3, -0.25) is 4.79 Å². The number of aromatic nitrogens is 2. The topological polar surface area (TPSA) is 71.7 Å². The molecular weight excluding hydrogens is 363 g/mol. The highest BCUT2D eigenvalue weighted by Gasteiger charge is 2.26. The maximum absolute atomic E-state index is 13.9. The van der Waals surface area contributed by atoms with Gasteiger partial charge in [-0.1, -0.05) is 12.1 Å². The lowest BCUT2D eigenvalue weighted by Crippen LogP contribution is -2.48. The molecule has 3 aromatic rings. The van der Waals surface area contributed by atoms with Gasteiger partial charge in [0.05, 0.1) is 12.7 Å². The number of hydrogen-bond acceptors (Lipinski definition) is 6. The molecule has 8 heteroatoms. The standard InChI is InChI=1S/C20H19FN4O3/c1-27-15-8-6-14(7-9-15)24-10-12-25(13-11-24)20(26)19-23-22-18(28-19)16-4-2-3-5-17(16)21/h2-9H,10-13H2,1H3. The zero-order chi connectivity index (χ0) is 19.5. The van der Waals surface area contributed by atoms with Crippen molar-refractivity contribution in [1.82, 2.24) is 15.1 Å². The molecule has 144 valence electrons. The van der Waals surface area contributed by atoms with Crippen LogP contribution in [0.4, 0.5) is 10.1 Å². The second-order valence-electron chi connectivity index (χ2n) is 6.37. The summed E-state index contributed by atoms with van der Waals surface area (Å²) in [6.45, 7) is 2.43. The maximum atomic E-state index is 13.9. The number of benzene rings is 2. The normalized spacial score (nSPS) is 14.2. The van der Waals surface area contributed by atoms with Crippen molar-refractivity contribution in [2.24, 2.45) is 0 Å². The highest BCUT2D eigenvalue weighted by Crippen LogP contribution is 2.23. The predicted octanol–water partition coefficient (Wildman–Crippen LogP) is 2.85. The van der Waals surface area contributed by atoms with Crippen molar-refractivity contribution in [2.45, 2.75) is 0 Å². The molecule has 1 fully saturated rings. The minimum atomic E-state index is -0.474. The number of nitrogens with zero attached hydrogens (tertiary/aromatic N) is 4.